The zero-order valence-corrected chi connectivity index (χ0v) is 10.1. The molecule has 0 radical (unpaired) electrons. The van der Waals surface area contributed by atoms with Gasteiger partial charge in [-0.25, -0.2) is 0 Å². The van der Waals surface area contributed by atoms with E-state index in [2.05, 4.69) is 43.1 Å². The quantitative estimate of drug-likeness (QED) is 0.795. The van der Waals surface area contributed by atoms with E-state index in [4.69, 9.17) is 0 Å². The number of hydrogen-bond donors (Lipinski definition) is 1. The molecule has 2 atom stereocenters. The van der Waals surface area contributed by atoms with E-state index in [-0.39, 0.29) is 0 Å². The molecule has 1 heteroatoms. The van der Waals surface area contributed by atoms with Gasteiger partial charge < -0.3 is 5.32 Å². The van der Waals surface area contributed by atoms with Crippen LogP contribution in [-0.4, -0.2) is 12.6 Å². The third-order valence-corrected chi connectivity index (χ3v) is 3.55. The van der Waals surface area contributed by atoms with Crippen molar-refractivity contribution >= 4 is 6.08 Å². The Hall–Kier alpha value is -1.08. The number of nitrogens with one attached hydrogen (secondary N) is 1. The summed E-state index contributed by atoms with van der Waals surface area (Å²) in [6.45, 7) is 7.26. The molecule has 1 aliphatic heterocycles. The van der Waals surface area contributed by atoms with Crippen molar-refractivity contribution in [2.24, 2.45) is 0 Å². The highest BCUT2D eigenvalue weighted by molar-refractivity contribution is 5.48. The van der Waals surface area contributed by atoms with Gasteiger partial charge in [-0.1, -0.05) is 36.9 Å². The predicted octanol–water partition coefficient (Wildman–Crippen LogP) is 3.58. The second-order valence-corrected chi connectivity index (χ2v) is 4.79. The maximum Gasteiger partial charge on any atom is 0.00389 e. The van der Waals surface area contributed by atoms with Gasteiger partial charge in [0.2, 0.25) is 0 Å². The van der Waals surface area contributed by atoms with Crippen molar-refractivity contribution in [1.82, 2.24) is 5.32 Å². The van der Waals surface area contributed by atoms with Crippen molar-refractivity contribution < 1.29 is 0 Å². The van der Waals surface area contributed by atoms with Crippen LogP contribution in [0.4, 0.5) is 0 Å². The lowest BCUT2D eigenvalue weighted by atomic mass is 9.90. The molecule has 1 N–H and O–H groups in total. The lowest BCUT2D eigenvalue weighted by Crippen LogP contribution is -2.24. The van der Waals surface area contributed by atoms with E-state index in [1.54, 1.807) is 0 Å². The van der Waals surface area contributed by atoms with E-state index in [0.717, 1.165) is 12.5 Å². The summed E-state index contributed by atoms with van der Waals surface area (Å²) in [4.78, 5) is 0. The van der Waals surface area contributed by atoms with Crippen molar-refractivity contribution in [2.45, 2.75) is 38.1 Å². The molecule has 0 aliphatic carbocycles. The highest BCUT2D eigenvalue weighted by Crippen LogP contribution is 2.28. The van der Waals surface area contributed by atoms with Gasteiger partial charge in [0.1, 0.15) is 0 Å². The molecule has 1 nitrogen and oxygen atoms in total. The molecule has 2 unspecified atom stereocenters. The summed E-state index contributed by atoms with van der Waals surface area (Å²) in [6, 6.07) is 9.48. The van der Waals surface area contributed by atoms with Gasteiger partial charge in [0.25, 0.3) is 0 Å². The molecule has 1 fully saturated rings. The van der Waals surface area contributed by atoms with Crippen molar-refractivity contribution in [2.75, 3.05) is 6.54 Å². The molecular weight excluding hydrogens is 194 g/mol. The van der Waals surface area contributed by atoms with Gasteiger partial charge in [0, 0.05) is 6.04 Å². The third-order valence-electron chi connectivity index (χ3n) is 3.55. The molecule has 16 heavy (non-hydrogen) atoms. The van der Waals surface area contributed by atoms with Crippen molar-refractivity contribution in [3.05, 3.63) is 42.0 Å². The molecule has 0 spiro atoms. The topological polar surface area (TPSA) is 12.0 Å². The maximum atomic E-state index is 3.84. The standard InChI is InChI=1S/C15H21N/c1-3-13-5-4-6-15(11-13)14-8-7-12(2)16-10-9-14/h3-6,11-12,14,16H,1,7-10H2,2H3. The lowest BCUT2D eigenvalue weighted by molar-refractivity contribution is 0.546. The molecule has 2 rings (SSSR count). The molecule has 1 aromatic rings. The van der Waals surface area contributed by atoms with Crippen molar-refractivity contribution in [3.8, 4) is 0 Å². The first-order valence-corrected chi connectivity index (χ1v) is 6.25. The highest BCUT2D eigenvalue weighted by atomic mass is 14.9. The van der Waals surface area contributed by atoms with Crippen LogP contribution in [0.25, 0.3) is 6.08 Å². The van der Waals surface area contributed by atoms with Crippen LogP contribution in [0.15, 0.2) is 30.8 Å². The largest absolute Gasteiger partial charge is 0.314 e. The van der Waals surface area contributed by atoms with Gasteiger partial charge in [0.15, 0.2) is 0 Å². The summed E-state index contributed by atoms with van der Waals surface area (Å²) in [5.74, 6) is 0.720. The Morgan fingerprint density at radius 3 is 3.00 bits per heavy atom. The smallest absolute Gasteiger partial charge is 0.00389 e. The van der Waals surface area contributed by atoms with Crippen LogP contribution >= 0.6 is 0 Å². The van der Waals surface area contributed by atoms with Crippen LogP contribution in [0.1, 0.15) is 43.2 Å². The van der Waals surface area contributed by atoms with Crippen LogP contribution in [0.5, 0.6) is 0 Å². The minimum absolute atomic E-state index is 0.674. The van der Waals surface area contributed by atoms with E-state index >= 15 is 0 Å². The fourth-order valence-corrected chi connectivity index (χ4v) is 2.47. The monoisotopic (exact) mass is 215 g/mol. The number of hydrogen-bond acceptors (Lipinski definition) is 1. The Balaban J connectivity index is 2.13. The van der Waals surface area contributed by atoms with Gasteiger partial charge in [-0.15, -0.1) is 0 Å². The van der Waals surface area contributed by atoms with Crippen LogP contribution in [0.3, 0.4) is 0 Å². The number of benzene rings is 1. The van der Waals surface area contributed by atoms with E-state index in [0.29, 0.717) is 6.04 Å². The molecule has 0 aromatic heterocycles. The second kappa shape index (κ2) is 5.31. The van der Waals surface area contributed by atoms with Crippen molar-refractivity contribution in [3.63, 3.8) is 0 Å². The maximum absolute atomic E-state index is 3.84. The van der Waals surface area contributed by atoms with Gasteiger partial charge in [-0.05, 0) is 49.8 Å². The SMILES string of the molecule is C=Cc1cccc(C2CCNC(C)CC2)c1. The summed E-state index contributed by atoms with van der Waals surface area (Å²) in [5.41, 5.74) is 2.72. The van der Waals surface area contributed by atoms with Crippen molar-refractivity contribution in [1.29, 1.82) is 0 Å². The Kier molecular flexibility index (Phi) is 3.79. The van der Waals surface area contributed by atoms with Gasteiger partial charge in [-0.2, -0.15) is 0 Å². The van der Waals surface area contributed by atoms with Gasteiger partial charge in [-0.3, -0.25) is 0 Å². The highest BCUT2D eigenvalue weighted by Gasteiger charge is 2.16. The lowest BCUT2D eigenvalue weighted by Gasteiger charge is -2.14. The van der Waals surface area contributed by atoms with E-state index < -0.39 is 0 Å². The average Bonchev–Trinajstić information content (AvgIpc) is 2.54. The Bertz CT molecular complexity index is 356. The fourth-order valence-electron chi connectivity index (χ4n) is 2.47. The van der Waals surface area contributed by atoms with Gasteiger partial charge in [0.05, 0.1) is 0 Å². The molecule has 1 aromatic carbocycles. The summed E-state index contributed by atoms with van der Waals surface area (Å²) in [5, 5.41) is 3.55. The fraction of sp³-hybridized carbons (Fsp3) is 0.467. The average molecular weight is 215 g/mol. The first-order valence-electron chi connectivity index (χ1n) is 6.25. The summed E-state index contributed by atoms with van der Waals surface area (Å²) in [6.07, 6.45) is 5.77. The van der Waals surface area contributed by atoms with E-state index in [9.17, 15) is 0 Å². The summed E-state index contributed by atoms with van der Waals surface area (Å²) in [7, 11) is 0. The Morgan fingerprint density at radius 1 is 1.31 bits per heavy atom. The molecular formula is C15H21N. The molecule has 86 valence electrons. The first kappa shape index (κ1) is 11.4. The molecule has 1 saturated heterocycles. The normalized spacial score (nSPS) is 26.1. The molecule has 1 aliphatic rings. The second-order valence-electron chi connectivity index (χ2n) is 4.79. The zero-order valence-electron chi connectivity index (χ0n) is 10.1. The Labute approximate surface area is 98.6 Å². The van der Waals surface area contributed by atoms with Crippen LogP contribution in [-0.2, 0) is 0 Å². The summed E-state index contributed by atoms with van der Waals surface area (Å²) >= 11 is 0. The van der Waals surface area contributed by atoms with Gasteiger partial charge >= 0.3 is 0 Å². The Morgan fingerprint density at radius 2 is 2.19 bits per heavy atom. The zero-order chi connectivity index (χ0) is 11.4. The van der Waals surface area contributed by atoms with Crippen LogP contribution in [0, 0.1) is 0 Å². The van der Waals surface area contributed by atoms with E-state index in [1.807, 2.05) is 6.08 Å². The molecule has 1 heterocycles. The first-order chi connectivity index (χ1) is 7.79. The molecule has 0 amide bonds. The number of rotatable bonds is 2. The van der Waals surface area contributed by atoms with Crippen LogP contribution < -0.4 is 5.32 Å². The minimum atomic E-state index is 0.674. The minimum Gasteiger partial charge on any atom is -0.314 e. The summed E-state index contributed by atoms with van der Waals surface area (Å²) < 4.78 is 0. The third kappa shape index (κ3) is 2.73. The van der Waals surface area contributed by atoms with E-state index in [1.165, 1.54) is 30.4 Å². The molecule has 0 bridgehead atoms. The van der Waals surface area contributed by atoms with Crippen LogP contribution in [0.2, 0.25) is 0 Å². The molecule has 0 saturated carbocycles. The predicted molar refractivity (Wildman–Crippen MR) is 70.6 cm³/mol.